The maximum atomic E-state index is 11.5. The Kier molecular flexibility index (Phi) is 3.26. The molecule has 1 aliphatic heterocycles. The van der Waals surface area contributed by atoms with Crippen LogP contribution in [0.3, 0.4) is 0 Å². The Labute approximate surface area is 102 Å². The zero-order valence-corrected chi connectivity index (χ0v) is 9.65. The maximum Gasteiger partial charge on any atom is 0.251 e. The van der Waals surface area contributed by atoms with Crippen LogP contribution in [0.2, 0.25) is 0 Å². The van der Waals surface area contributed by atoms with Crippen LogP contribution in [0, 0.1) is 12.8 Å². The van der Waals surface area contributed by atoms with E-state index < -0.39 is 17.7 Å². The minimum atomic E-state index is -0.810. The number of anilines is 1. The monoisotopic (exact) mass is 252 g/mol. The number of carbonyl (C=O) groups is 3. The number of aryl methyl sites for hydroxylation is 1. The van der Waals surface area contributed by atoms with Gasteiger partial charge in [0, 0.05) is 12.5 Å². The third-order valence-corrected chi connectivity index (χ3v) is 2.50. The van der Waals surface area contributed by atoms with E-state index in [1.807, 2.05) is 0 Å². The van der Waals surface area contributed by atoms with Crippen molar-refractivity contribution < 1.29 is 18.9 Å². The van der Waals surface area contributed by atoms with Gasteiger partial charge in [0.1, 0.15) is 11.7 Å². The third kappa shape index (κ3) is 2.65. The molecule has 0 aliphatic carbocycles. The van der Waals surface area contributed by atoms with Crippen molar-refractivity contribution in [1.29, 1.82) is 0 Å². The van der Waals surface area contributed by atoms with Crippen molar-refractivity contribution >= 4 is 23.5 Å². The molecule has 0 spiro atoms. The molecule has 0 atom stereocenters. The zero-order chi connectivity index (χ0) is 13.1. The number of rotatable bonds is 4. The summed E-state index contributed by atoms with van der Waals surface area (Å²) in [4.78, 5) is 33.9. The summed E-state index contributed by atoms with van der Waals surface area (Å²) in [7, 11) is 0. The number of hydrogen-bond acceptors (Lipinski definition) is 5. The van der Waals surface area contributed by atoms with E-state index >= 15 is 0 Å². The molecular formula is C10H12N4O4. The molecule has 1 fully saturated rings. The molecule has 3 N–H and O–H groups in total. The van der Waals surface area contributed by atoms with Gasteiger partial charge < -0.3 is 9.84 Å². The number of amides is 3. The Balaban J connectivity index is 1.81. The lowest BCUT2D eigenvalue weighted by Gasteiger charge is -2.03. The summed E-state index contributed by atoms with van der Waals surface area (Å²) in [5, 5.41) is 6.11. The lowest BCUT2D eigenvalue weighted by molar-refractivity contribution is -0.128. The molecule has 0 saturated carbocycles. The van der Waals surface area contributed by atoms with E-state index in [0.717, 1.165) is 0 Å². The van der Waals surface area contributed by atoms with Crippen molar-refractivity contribution in [2.75, 3.05) is 5.32 Å². The van der Waals surface area contributed by atoms with E-state index in [4.69, 9.17) is 4.52 Å². The fraction of sp³-hybridized carbons (Fsp3) is 0.400. The van der Waals surface area contributed by atoms with Gasteiger partial charge in [0.15, 0.2) is 5.82 Å². The van der Waals surface area contributed by atoms with Crippen LogP contribution in [0.25, 0.3) is 0 Å². The van der Waals surface area contributed by atoms with Gasteiger partial charge >= 0.3 is 0 Å². The highest BCUT2D eigenvalue weighted by molar-refractivity contribution is 6.05. The molecule has 0 bridgehead atoms. The summed E-state index contributed by atoms with van der Waals surface area (Å²) in [5.74, 6) is -1.06. The molecule has 1 aromatic rings. The third-order valence-electron chi connectivity index (χ3n) is 2.50. The van der Waals surface area contributed by atoms with Crippen LogP contribution < -0.4 is 16.2 Å². The van der Waals surface area contributed by atoms with E-state index in [1.54, 1.807) is 13.0 Å². The Morgan fingerprint density at radius 1 is 1.44 bits per heavy atom. The summed E-state index contributed by atoms with van der Waals surface area (Å²) in [6.45, 7) is 1.70. The molecule has 3 amide bonds. The van der Waals surface area contributed by atoms with Crippen molar-refractivity contribution in [1.82, 2.24) is 16.0 Å². The van der Waals surface area contributed by atoms with Gasteiger partial charge in [-0.05, 0) is 13.3 Å². The Bertz CT molecular complexity index is 480. The van der Waals surface area contributed by atoms with Gasteiger partial charge in [-0.25, -0.2) is 0 Å². The second kappa shape index (κ2) is 4.86. The largest absolute Gasteiger partial charge is 0.360 e. The fourth-order valence-electron chi connectivity index (χ4n) is 1.58. The molecule has 1 aromatic heterocycles. The first-order valence-corrected chi connectivity index (χ1v) is 5.39. The average Bonchev–Trinajstić information content (AvgIpc) is 2.84. The van der Waals surface area contributed by atoms with Crippen LogP contribution in [0.4, 0.5) is 5.82 Å². The van der Waals surface area contributed by atoms with Gasteiger partial charge in [-0.2, -0.15) is 0 Å². The maximum absolute atomic E-state index is 11.5. The lowest BCUT2D eigenvalue weighted by Crippen LogP contribution is -2.28. The number of aromatic nitrogens is 1. The van der Waals surface area contributed by atoms with Gasteiger partial charge in [0.05, 0.1) is 0 Å². The predicted octanol–water partition coefficient (Wildman–Crippen LogP) is -0.521. The SMILES string of the molecule is Cc1cc(NC(=O)CCC2C(=O)NNC2=O)no1. The van der Waals surface area contributed by atoms with E-state index in [9.17, 15) is 14.4 Å². The normalized spacial score (nSPS) is 15.4. The molecule has 8 nitrogen and oxygen atoms in total. The van der Waals surface area contributed by atoms with Crippen molar-refractivity contribution in [3.63, 3.8) is 0 Å². The highest BCUT2D eigenvalue weighted by Crippen LogP contribution is 2.12. The summed E-state index contributed by atoms with van der Waals surface area (Å²) in [6, 6.07) is 1.58. The number of carbonyl (C=O) groups excluding carboxylic acids is 3. The van der Waals surface area contributed by atoms with Crippen LogP contribution in [-0.2, 0) is 14.4 Å². The van der Waals surface area contributed by atoms with Crippen LogP contribution >= 0.6 is 0 Å². The van der Waals surface area contributed by atoms with Crippen molar-refractivity contribution in [3.05, 3.63) is 11.8 Å². The summed E-state index contributed by atoms with van der Waals surface area (Å²) in [5.41, 5.74) is 4.40. The van der Waals surface area contributed by atoms with Crippen LogP contribution in [0.15, 0.2) is 10.6 Å². The zero-order valence-electron chi connectivity index (χ0n) is 9.65. The van der Waals surface area contributed by atoms with E-state index in [1.165, 1.54) is 0 Å². The number of nitrogens with zero attached hydrogens (tertiary/aromatic N) is 1. The molecule has 1 saturated heterocycles. The van der Waals surface area contributed by atoms with Crippen molar-refractivity contribution in [2.24, 2.45) is 5.92 Å². The number of hydrazine groups is 1. The minimum absolute atomic E-state index is 0.0530. The van der Waals surface area contributed by atoms with Gasteiger partial charge in [-0.15, -0.1) is 0 Å². The Hall–Kier alpha value is -2.38. The van der Waals surface area contributed by atoms with Gasteiger partial charge in [-0.1, -0.05) is 5.16 Å². The van der Waals surface area contributed by atoms with Crippen molar-refractivity contribution in [3.8, 4) is 0 Å². The molecule has 2 rings (SSSR count). The highest BCUT2D eigenvalue weighted by atomic mass is 16.5. The van der Waals surface area contributed by atoms with Crippen molar-refractivity contribution in [2.45, 2.75) is 19.8 Å². The Morgan fingerprint density at radius 3 is 2.67 bits per heavy atom. The summed E-state index contributed by atoms with van der Waals surface area (Å²) in [6.07, 6.45) is 0.206. The standard InChI is InChI=1S/C10H12N4O4/c1-5-4-7(14-18-5)11-8(15)3-2-6-9(16)12-13-10(6)17/h4,6H,2-3H2,1H3,(H,12,16)(H,13,17)(H,11,14,15). The molecule has 8 heteroatoms. The molecular weight excluding hydrogens is 240 g/mol. The van der Waals surface area contributed by atoms with Gasteiger partial charge in [0.25, 0.3) is 11.8 Å². The topological polar surface area (TPSA) is 113 Å². The molecule has 96 valence electrons. The first kappa shape index (κ1) is 12.1. The predicted molar refractivity (Wildman–Crippen MR) is 58.9 cm³/mol. The van der Waals surface area contributed by atoms with Gasteiger partial charge in [0.2, 0.25) is 5.91 Å². The number of nitrogens with one attached hydrogen (secondary N) is 3. The molecule has 18 heavy (non-hydrogen) atoms. The smallest absolute Gasteiger partial charge is 0.251 e. The molecule has 0 radical (unpaired) electrons. The average molecular weight is 252 g/mol. The first-order chi connectivity index (χ1) is 8.56. The molecule has 2 heterocycles. The summed E-state index contributed by atoms with van der Waals surface area (Å²) >= 11 is 0. The lowest BCUT2D eigenvalue weighted by atomic mass is 10.0. The summed E-state index contributed by atoms with van der Waals surface area (Å²) < 4.78 is 4.78. The highest BCUT2D eigenvalue weighted by Gasteiger charge is 2.32. The van der Waals surface area contributed by atoms with Crippen LogP contribution in [0.5, 0.6) is 0 Å². The number of hydrogen-bond donors (Lipinski definition) is 3. The van der Waals surface area contributed by atoms with Crippen LogP contribution in [-0.4, -0.2) is 22.9 Å². The Morgan fingerprint density at radius 2 is 2.11 bits per heavy atom. The fourth-order valence-corrected chi connectivity index (χ4v) is 1.58. The molecule has 0 aromatic carbocycles. The van der Waals surface area contributed by atoms with E-state index in [2.05, 4.69) is 21.3 Å². The molecule has 1 aliphatic rings. The van der Waals surface area contributed by atoms with Gasteiger partial charge in [-0.3, -0.25) is 25.2 Å². The minimum Gasteiger partial charge on any atom is -0.360 e. The second-order valence-electron chi connectivity index (χ2n) is 3.94. The molecule has 0 unspecified atom stereocenters. The van der Waals surface area contributed by atoms with E-state index in [-0.39, 0.29) is 18.7 Å². The van der Waals surface area contributed by atoms with Crippen LogP contribution in [0.1, 0.15) is 18.6 Å². The second-order valence-corrected chi connectivity index (χ2v) is 3.94. The quantitative estimate of drug-likeness (QED) is 0.624. The first-order valence-electron chi connectivity index (χ1n) is 5.39. The van der Waals surface area contributed by atoms with E-state index in [0.29, 0.717) is 11.6 Å².